The van der Waals surface area contributed by atoms with Crippen molar-refractivity contribution in [2.75, 3.05) is 5.73 Å². The van der Waals surface area contributed by atoms with Gasteiger partial charge in [0.15, 0.2) is 0 Å². The van der Waals surface area contributed by atoms with Crippen molar-refractivity contribution in [3.05, 3.63) is 17.1 Å². The Balaban J connectivity index is 2.65. The highest BCUT2D eigenvalue weighted by atomic mass is 16.1. The molecular weight excluding hydrogens is 230 g/mol. The first-order valence-electron chi connectivity index (χ1n) is 5.79. The van der Waals surface area contributed by atoms with Gasteiger partial charge in [-0.15, -0.1) is 0 Å². The summed E-state index contributed by atoms with van der Waals surface area (Å²) in [5, 5.41) is 0.863. The molecule has 0 aliphatic heterocycles. The molecule has 0 aliphatic rings. The maximum absolute atomic E-state index is 10.9. The highest BCUT2D eigenvalue weighted by Crippen LogP contribution is 2.27. The molecule has 96 valence electrons. The Bertz CT molecular complexity index is 629. The molecule has 18 heavy (non-hydrogen) atoms. The molecule has 2 aromatic rings. The zero-order valence-corrected chi connectivity index (χ0v) is 10.8. The van der Waals surface area contributed by atoms with E-state index in [1.165, 1.54) is 0 Å². The number of rotatable bonds is 3. The van der Waals surface area contributed by atoms with Gasteiger partial charge in [0.2, 0.25) is 5.91 Å². The smallest absolute Gasteiger partial charge is 0.219 e. The third-order valence-electron chi connectivity index (χ3n) is 3.19. The summed E-state index contributed by atoms with van der Waals surface area (Å²) in [6, 6.07) is 0. The quantitative estimate of drug-likeness (QED) is 0.838. The summed E-state index contributed by atoms with van der Waals surface area (Å²) in [5.41, 5.74) is 14.0. The maximum Gasteiger partial charge on any atom is 0.219 e. The van der Waals surface area contributed by atoms with Crippen LogP contribution in [0, 0.1) is 20.8 Å². The summed E-state index contributed by atoms with van der Waals surface area (Å²) in [6.07, 6.45) is 0.285. The lowest BCUT2D eigenvalue weighted by Crippen LogP contribution is -2.14. The third-order valence-corrected chi connectivity index (χ3v) is 3.19. The van der Waals surface area contributed by atoms with E-state index in [1.807, 2.05) is 18.4 Å². The first-order chi connectivity index (χ1) is 8.41. The highest BCUT2D eigenvalue weighted by molar-refractivity contribution is 5.91. The van der Waals surface area contributed by atoms with Crippen molar-refractivity contribution >= 4 is 22.8 Å². The van der Waals surface area contributed by atoms with Gasteiger partial charge >= 0.3 is 0 Å². The summed E-state index contributed by atoms with van der Waals surface area (Å²) in [5.74, 6) is 0.779. The van der Waals surface area contributed by atoms with E-state index >= 15 is 0 Å². The van der Waals surface area contributed by atoms with Gasteiger partial charge in [-0.3, -0.25) is 4.79 Å². The molecule has 0 bridgehead atoms. The number of anilines is 1. The summed E-state index contributed by atoms with van der Waals surface area (Å²) in [7, 11) is 0. The fraction of sp³-hybridized carbons (Fsp3) is 0.417. The Morgan fingerprint density at radius 1 is 1.28 bits per heavy atom. The molecule has 0 aliphatic carbocycles. The van der Waals surface area contributed by atoms with Gasteiger partial charge in [-0.25, -0.2) is 9.97 Å². The monoisotopic (exact) mass is 247 g/mol. The van der Waals surface area contributed by atoms with Crippen LogP contribution < -0.4 is 11.5 Å². The molecular formula is C12H17N5O. The normalized spacial score (nSPS) is 11.1. The molecule has 6 heteroatoms. The number of nitrogens with zero attached hydrogens (tertiary/aromatic N) is 3. The molecule has 1 amide bonds. The minimum absolute atomic E-state index is 0.285. The number of aromatic nitrogens is 3. The fourth-order valence-corrected chi connectivity index (χ4v) is 2.17. The van der Waals surface area contributed by atoms with Gasteiger partial charge in [0.25, 0.3) is 0 Å². The zero-order chi connectivity index (χ0) is 13.4. The lowest BCUT2D eigenvalue weighted by Gasteiger charge is -2.06. The van der Waals surface area contributed by atoms with E-state index < -0.39 is 0 Å². The molecule has 0 saturated heterocycles. The van der Waals surface area contributed by atoms with Crippen LogP contribution in [-0.4, -0.2) is 20.4 Å². The van der Waals surface area contributed by atoms with E-state index in [0.717, 1.165) is 22.3 Å². The largest absolute Gasteiger partial charge is 0.383 e. The van der Waals surface area contributed by atoms with Gasteiger partial charge in [-0.1, -0.05) is 0 Å². The first kappa shape index (κ1) is 12.3. The number of nitrogens with two attached hydrogens (primary N) is 2. The molecule has 0 radical (unpaired) electrons. The summed E-state index contributed by atoms with van der Waals surface area (Å²) < 4.78 is 1.97. The molecule has 0 fully saturated rings. The van der Waals surface area contributed by atoms with E-state index in [2.05, 4.69) is 9.97 Å². The Morgan fingerprint density at radius 2 is 1.94 bits per heavy atom. The van der Waals surface area contributed by atoms with E-state index in [9.17, 15) is 4.79 Å². The van der Waals surface area contributed by atoms with Gasteiger partial charge in [-0.2, -0.15) is 0 Å². The van der Waals surface area contributed by atoms with Gasteiger partial charge in [-0.05, 0) is 26.3 Å². The molecule has 2 heterocycles. The van der Waals surface area contributed by atoms with Gasteiger partial charge in [0, 0.05) is 18.7 Å². The number of primary amides is 1. The Kier molecular flexibility index (Phi) is 2.94. The van der Waals surface area contributed by atoms with E-state index in [0.29, 0.717) is 18.2 Å². The van der Waals surface area contributed by atoms with Crippen molar-refractivity contribution in [1.29, 1.82) is 0 Å². The van der Waals surface area contributed by atoms with Crippen molar-refractivity contribution < 1.29 is 4.79 Å². The number of hydrogen-bond acceptors (Lipinski definition) is 4. The maximum atomic E-state index is 10.9. The highest BCUT2D eigenvalue weighted by Gasteiger charge is 2.16. The topological polar surface area (TPSA) is 99.8 Å². The average Bonchev–Trinajstić information content (AvgIpc) is 2.49. The standard InChI is InChI=1S/C12H17N5O/c1-6-7(2)17(5-4-9(13)18)12-10(6)11(14)15-8(3)16-12/h4-5H2,1-3H3,(H2,13,18)(H2,14,15,16). The van der Waals surface area contributed by atoms with Gasteiger partial charge < -0.3 is 16.0 Å². The van der Waals surface area contributed by atoms with Crippen molar-refractivity contribution in [3.63, 3.8) is 0 Å². The molecule has 6 nitrogen and oxygen atoms in total. The van der Waals surface area contributed by atoms with Crippen LogP contribution in [-0.2, 0) is 11.3 Å². The van der Waals surface area contributed by atoms with E-state index in [-0.39, 0.29) is 12.3 Å². The van der Waals surface area contributed by atoms with Crippen molar-refractivity contribution in [2.45, 2.75) is 33.7 Å². The molecule has 4 N–H and O–H groups in total. The molecule has 0 aromatic carbocycles. The van der Waals surface area contributed by atoms with Gasteiger partial charge in [0.05, 0.1) is 5.39 Å². The number of fused-ring (bicyclic) bond motifs is 1. The number of aryl methyl sites for hydroxylation is 3. The Labute approximate surface area is 105 Å². The third kappa shape index (κ3) is 1.90. The molecule has 0 unspecified atom stereocenters. The number of hydrogen-bond donors (Lipinski definition) is 2. The first-order valence-corrected chi connectivity index (χ1v) is 5.79. The lowest BCUT2D eigenvalue weighted by molar-refractivity contribution is -0.118. The lowest BCUT2D eigenvalue weighted by atomic mass is 10.2. The second-order valence-electron chi connectivity index (χ2n) is 4.43. The summed E-state index contributed by atoms with van der Waals surface area (Å²) in [6.45, 7) is 6.27. The number of nitrogen functional groups attached to an aromatic ring is 1. The van der Waals surface area contributed by atoms with Crippen LogP contribution in [0.1, 0.15) is 23.5 Å². The van der Waals surface area contributed by atoms with Crippen LogP contribution in [0.3, 0.4) is 0 Å². The van der Waals surface area contributed by atoms with E-state index in [1.54, 1.807) is 6.92 Å². The number of amides is 1. The second-order valence-corrected chi connectivity index (χ2v) is 4.43. The van der Waals surface area contributed by atoms with Crippen LogP contribution in [0.15, 0.2) is 0 Å². The molecule has 0 spiro atoms. The summed E-state index contributed by atoms with van der Waals surface area (Å²) >= 11 is 0. The number of carbonyl (C=O) groups excluding carboxylic acids is 1. The van der Waals surface area contributed by atoms with Crippen molar-refractivity contribution in [2.24, 2.45) is 5.73 Å². The Morgan fingerprint density at radius 3 is 2.56 bits per heavy atom. The predicted octanol–water partition coefficient (Wildman–Crippen LogP) is 0.814. The van der Waals surface area contributed by atoms with Crippen LogP contribution >= 0.6 is 0 Å². The SMILES string of the molecule is Cc1nc(N)c2c(C)c(C)n(CCC(N)=O)c2n1. The van der Waals surface area contributed by atoms with Crippen LogP contribution in [0.5, 0.6) is 0 Å². The fourth-order valence-electron chi connectivity index (χ4n) is 2.17. The van der Waals surface area contributed by atoms with Crippen LogP contribution in [0.25, 0.3) is 11.0 Å². The number of carbonyl (C=O) groups is 1. The molecule has 2 rings (SSSR count). The predicted molar refractivity (Wildman–Crippen MR) is 70.0 cm³/mol. The second kappa shape index (κ2) is 4.29. The van der Waals surface area contributed by atoms with Crippen LogP contribution in [0.2, 0.25) is 0 Å². The zero-order valence-electron chi connectivity index (χ0n) is 10.8. The van der Waals surface area contributed by atoms with Crippen LogP contribution in [0.4, 0.5) is 5.82 Å². The van der Waals surface area contributed by atoms with E-state index in [4.69, 9.17) is 11.5 Å². The Hall–Kier alpha value is -2.11. The summed E-state index contributed by atoms with van der Waals surface area (Å²) in [4.78, 5) is 19.5. The minimum atomic E-state index is -0.326. The van der Waals surface area contributed by atoms with Gasteiger partial charge in [0.1, 0.15) is 17.3 Å². The average molecular weight is 247 g/mol. The molecule has 0 saturated carbocycles. The van der Waals surface area contributed by atoms with Crippen molar-refractivity contribution in [3.8, 4) is 0 Å². The van der Waals surface area contributed by atoms with Crippen molar-refractivity contribution in [1.82, 2.24) is 14.5 Å². The molecule has 2 aromatic heterocycles. The molecule has 0 atom stereocenters. The minimum Gasteiger partial charge on any atom is -0.383 e.